The molecule has 128 valence electrons. The molecule has 0 aliphatic carbocycles. The lowest BCUT2D eigenvalue weighted by Crippen LogP contribution is -2.32. The van der Waals surface area contributed by atoms with Crippen LogP contribution in [0.3, 0.4) is 0 Å². The Morgan fingerprint density at radius 3 is 2.62 bits per heavy atom. The fraction of sp³-hybridized carbons (Fsp3) is 0.368. The maximum absolute atomic E-state index is 12.1. The van der Waals surface area contributed by atoms with Crippen LogP contribution in [0.5, 0.6) is 5.88 Å². The second-order valence-electron chi connectivity index (χ2n) is 5.95. The van der Waals surface area contributed by atoms with Gasteiger partial charge in [-0.2, -0.15) is 0 Å². The van der Waals surface area contributed by atoms with Crippen LogP contribution in [0.25, 0.3) is 0 Å². The Morgan fingerprint density at radius 1 is 1.25 bits per heavy atom. The lowest BCUT2D eigenvalue weighted by molar-refractivity contribution is -0.126. The van der Waals surface area contributed by atoms with Crippen molar-refractivity contribution in [2.75, 3.05) is 6.61 Å². The SMILES string of the molecule is CCCOc1ccc(CNC(=O)CC(C)(O)c2ccccc2)cn1. The summed E-state index contributed by atoms with van der Waals surface area (Å²) < 4.78 is 5.42. The van der Waals surface area contributed by atoms with E-state index in [4.69, 9.17) is 4.74 Å². The summed E-state index contributed by atoms with van der Waals surface area (Å²) >= 11 is 0. The molecule has 5 nitrogen and oxygen atoms in total. The minimum absolute atomic E-state index is 0.00212. The van der Waals surface area contributed by atoms with Gasteiger partial charge in [0.15, 0.2) is 0 Å². The first-order valence-corrected chi connectivity index (χ1v) is 8.13. The Balaban J connectivity index is 1.84. The lowest BCUT2D eigenvalue weighted by Gasteiger charge is -2.23. The molecule has 1 unspecified atom stereocenters. The molecule has 2 aromatic rings. The van der Waals surface area contributed by atoms with E-state index in [0.29, 0.717) is 19.0 Å². The second-order valence-corrected chi connectivity index (χ2v) is 5.95. The van der Waals surface area contributed by atoms with Crippen LogP contribution in [0.1, 0.15) is 37.8 Å². The van der Waals surface area contributed by atoms with Crippen LogP contribution in [0.15, 0.2) is 48.7 Å². The number of aromatic nitrogens is 1. The molecule has 1 atom stereocenters. The molecule has 0 fully saturated rings. The van der Waals surface area contributed by atoms with Crippen LogP contribution in [-0.2, 0) is 16.9 Å². The van der Waals surface area contributed by atoms with Crippen molar-refractivity contribution in [3.05, 3.63) is 59.8 Å². The Morgan fingerprint density at radius 2 is 2.00 bits per heavy atom. The Kier molecular flexibility index (Phi) is 6.32. The number of nitrogens with zero attached hydrogens (tertiary/aromatic N) is 1. The zero-order valence-electron chi connectivity index (χ0n) is 14.2. The van der Waals surface area contributed by atoms with Crippen LogP contribution in [0, 0.1) is 0 Å². The minimum atomic E-state index is -1.19. The molecule has 5 heteroatoms. The monoisotopic (exact) mass is 328 g/mol. The minimum Gasteiger partial charge on any atom is -0.478 e. The molecule has 0 aliphatic heterocycles. The number of aliphatic hydroxyl groups is 1. The van der Waals surface area contributed by atoms with Crippen LogP contribution in [0.2, 0.25) is 0 Å². The average Bonchev–Trinajstić information content (AvgIpc) is 2.59. The molecule has 0 bridgehead atoms. The average molecular weight is 328 g/mol. The normalized spacial score (nSPS) is 13.1. The highest BCUT2D eigenvalue weighted by molar-refractivity contribution is 5.77. The summed E-state index contributed by atoms with van der Waals surface area (Å²) in [6.45, 7) is 4.68. The van der Waals surface area contributed by atoms with E-state index >= 15 is 0 Å². The molecule has 0 spiro atoms. The Labute approximate surface area is 142 Å². The first-order valence-electron chi connectivity index (χ1n) is 8.13. The highest BCUT2D eigenvalue weighted by atomic mass is 16.5. The number of nitrogens with one attached hydrogen (secondary N) is 1. The van der Waals surface area contributed by atoms with E-state index in [1.807, 2.05) is 43.3 Å². The van der Waals surface area contributed by atoms with E-state index in [0.717, 1.165) is 17.5 Å². The largest absolute Gasteiger partial charge is 0.478 e. The quantitative estimate of drug-likeness (QED) is 0.782. The van der Waals surface area contributed by atoms with E-state index in [1.165, 1.54) is 0 Å². The van der Waals surface area contributed by atoms with E-state index in [-0.39, 0.29) is 12.3 Å². The fourth-order valence-electron chi connectivity index (χ4n) is 2.28. The Hall–Kier alpha value is -2.40. The number of carbonyl (C=O) groups is 1. The third-order valence-electron chi connectivity index (χ3n) is 3.64. The van der Waals surface area contributed by atoms with E-state index in [1.54, 1.807) is 19.2 Å². The second kappa shape index (κ2) is 8.45. The first kappa shape index (κ1) is 17.9. The molecule has 0 saturated heterocycles. The predicted molar refractivity (Wildman–Crippen MR) is 92.5 cm³/mol. The van der Waals surface area contributed by atoms with Crippen molar-refractivity contribution in [2.45, 2.75) is 38.8 Å². The summed E-state index contributed by atoms with van der Waals surface area (Å²) in [6, 6.07) is 12.8. The van der Waals surface area contributed by atoms with Crippen molar-refractivity contribution in [1.82, 2.24) is 10.3 Å². The van der Waals surface area contributed by atoms with E-state index < -0.39 is 5.60 Å². The van der Waals surface area contributed by atoms with Crippen molar-refractivity contribution in [3.63, 3.8) is 0 Å². The van der Waals surface area contributed by atoms with Gasteiger partial charge in [-0.1, -0.05) is 43.3 Å². The molecular formula is C19H24N2O3. The van der Waals surface area contributed by atoms with Gasteiger partial charge in [-0.25, -0.2) is 4.98 Å². The van der Waals surface area contributed by atoms with Crippen molar-refractivity contribution in [3.8, 4) is 5.88 Å². The van der Waals surface area contributed by atoms with Gasteiger partial charge in [-0.15, -0.1) is 0 Å². The molecule has 1 aromatic carbocycles. The number of pyridine rings is 1. The number of carbonyl (C=O) groups excluding carboxylic acids is 1. The van der Waals surface area contributed by atoms with Crippen LogP contribution >= 0.6 is 0 Å². The van der Waals surface area contributed by atoms with Crippen molar-refractivity contribution in [1.29, 1.82) is 0 Å². The molecule has 0 radical (unpaired) electrons. The molecular weight excluding hydrogens is 304 g/mol. The maximum atomic E-state index is 12.1. The van der Waals surface area contributed by atoms with Gasteiger partial charge in [-0.05, 0) is 24.5 Å². The third kappa shape index (κ3) is 5.35. The standard InChI is InChI=1S/C19H24N2O3/c1-3-11-24-18-10-9-15(14-21-18)13-20-17(22)12-19(2,23)16-7-5-4-6-8-16/h4-10,14,23H,3,11-13H2,1-2H3,(H,20,22). The number of hydrogen-bond acceptors (Lipinski definition) is 4. The van der Waals surface area contributed by atoms with Crippen molar-refractivity contribution >= 4 is 5.91 Å². The smallest absolute Gasteiger partial charge is 0.223 e. The maximum Gasteiger partial charge on any atom is 0.223 e. The number of amides is 1. The topological polar surface area (TPSA) is 71.5 Å². The van der Waals surface area contributed by atoms with Crippen LogP contribution in [-0.4, -0.2) is 22.6 Å². The highest BCUT2D eigenvalue weighted by Crippen LogP contribution is 2.23. The molecule has 2 N–H and O–H groups in total. The van der Waals surface area contributed by atoms with Crippen LogP contribution < -0.4 is 10.1 Å². The van der Waals surface area contributed by atoms with Crippen LogP contribution in [0.4, 0.5) is 0 Å². The fourth-order valence-corrected chi connectivity index (χ4v) is 2.28. The van der Waals surface area contributed by atoms with Gasteiger partial charge in [0.05, 0.1) is 18.6 Å². The summed E-state index contributed by atoms with van der Waals surface area (Å²) in [5.41, 5.74) is 0.410. The number of benzene rings is 1. The summed E-state index contributed by atoms with van der Waals surface area (Å²) in [7, 11) is 0. The van der Waals surface area contributed by atoms with Crippen molar-refractivity contribution < 1.29 is 14.6 Å². The molecule has 0 saturated carbocycles. The summed E-state index contributed by atoms with van der Waals surface area (Å²) in [6.07, 6.45) is 2.61. The molecule has 0 aliphatic rings. The lowest BCUT2D eigenvalue weighted by atomic mass is 9.92. The Bertz CT molecular complexity index is 639. The van der Waals surface area contributed by atoms with Gasteiger partial charge in [-0.3, -0.25) is 4.79 Å². The summed E-state index contributed by atoms with van der Waals surface area (Å²) in [5, 5.41) is 13.3. The zero-order valence-corrected chi connectivity index (χ0v) is 14.2. The van der Waals surface area contributed by atoms with Crippen molar-refractivity contribution in [2.24, 2.45) is 0 Å². The molecule has 1 heterocycles. The zero-order chi connectivity index (χ0) is 17.4. The predicted octanol–water partition coefficient (Wildman–Crippen LogP) is 2.78. The van der Waals surface area contributed by atoms with Gasteiger partial charge < -0.3 is 15.2 Å². The van der Waals surface area contributed by atoms with Gasteiger partial charge in [0.25, 0.3) is 0 Å². The van der Waals surface area contributed by atoms with Gasteiger partial charge in [0.1, 0.15) is 0 Å². The van der Waals surface area contributed by atoms with E-state index in [9.17, 15) is 9.90 Å². The molecule has 1 aromatic heterocycles. The highest BCUT2D eigenvalue weighted by Gasteiger charge is 2.26. The first-order chi connectivity index (χ1) is 11.5. The summed E-state index contributed by atoms with van der Waals surface area (Å²) in [4.78, 5) is 16.3. The molecule has 1 amide bonds. The van der Waals surface area contributed by atoms with Gasteiger partial charge in [0.2, 0.25) is 11.8 Å². The molecule has 24 heavy (non-hydrogen) atoms. The van der Waals surface area contributed by atoms with Gasteiger partial charge >= 0.3 is 0 Å². The number of rotatable bonds is 8. The third-order valence-corrected chi connectivity index (χ3v) is 3.64. The number of ether oxygens (including phenoxy) is 1. The molecule has 2 rings (SSSR count). The van der Waals surface area contributed by atoms with E-state index in [2.05, 4.69) is 10.3 Å². The van der Waals surface area contributed by atoms with Gasteiger partial charge in [0, 0.05) is 18.8 Å². The summed E-state index contributed by atoms with van der Waals surface area (Å²) in [5.74, 6) is 0.370. The number of hydrogen-bond donors (Lipinski definition) is 2.